The van der Waals surface area contributed by atoms with Gasteiger partial charge in [0.25, 0.3) is 0 Å². The Bertz CT molecular complexity index is 588. The molecule has 0 aromatic heterocycles. The van der Waals surface area contributed by atoms with E-state index in [0.29, 0.717) is 11.6 Å². The molecule has 2 fully saturated rings. The average molecular weight is 296 g/mol. The van der Waals surface area contributed by atoms with Gasteiger partial charge in [0.1, 0.15) is 0 Å². The third-order valence-electron chi connectivity index (χ3n) is 4.35. The lowest BCUT2D eigenvalue weighted by atomic mass is 10.1. The van der Waals surface area contributed by atoms with Crippen LogP contribution in [0.5, 0.6) is 0 Å². The van der Waals surface area contributed by atoms with Crippen LogP contribution in [0.1, 0.15) is 24.8 Å². The number of nitrogens with one attached hydrogen (secondary N) is 1. The summed E-state index contributed by atoms with van der Waals surface area (Å²) in [6.45, 7) is 1.78. The van der Waals surface area contributed by atoms with Crippen LogP contribution in [0.25, 0.3) is 0 Å². The van der Waals surface area contributed by atoms with Crippen LogP contribution < -0.4 is 4.72 Å². The summed E-state index contributed by atoms with van der Waals surface area (Å²) < 4.78 is 27.9. The lowest BCUT2D eigenvalue weighted by Gasteiger charge is -2.21. The quantitative estimate of drug-likeness (QED) is 0.858. The van der Waals surface area contributed by atoms with Crippen LogP contribution in [0.15, 0.2) is 29.2 Å². The number of aliphatic hydroxyl groups excluding tert-OH is 1. The van der Waals surface area contributed by atoms with Crippen LogP contribution in [0.2, 0.25) is 0 Å². The third-order valence-corrected chi connectivity index (χ3v) is 5.94. The summed E-state index contributed by atoms with van der Waals surface area (Å²) in [7, 11) is -3.56. The smallest absolute Gasteiger partial charge is 0.241 e. The molecule has 0 radical (unpaired) electrons. The molecule has 3 rings (SSSR count). The van der Waals surface area contributed by atoms with Crippen molar-refractivity contribution in [1.82, 2.24) is 9.62 Å². The number of hydrogen-bond acceptors (Lipinski definition) is 4. The molecule has 2 heterocycles. The lowest BCUT2D eigenvalue weighted by molar-refractivity contribution is 0.278. The van der Waals surface area contributed by atoms with Gasteiger partial charge in [0.05, 0.1) is 11.5 Å². The maximum Gasteiger partial charge on any atom is 0.241 e. The van der Waals surface area contributed by atoms with Gasteiger partial charge < -0.3 is 5.11 Å². The van der Waals surface area contributed by atoms with Gasteiger partial charge in [-0.1, -0.05) is 18.2 Å². The summed E-state index contributed by atoms with van der Waals surface area (Å²) in [4.78, 5) is 2.56. The fourth-order valence-corrected chi connectivity index (χ4v) is 4.92. The van der Waals surface area contributed by atoms with Gasteiger partial charge in [0, 0.05) is 18.6 Å². The number of sulfonamides is 1. The van der Waals surface area contributed by atoms with E-state index in [1.807, 2.05) is 0 Å². The zero-order valence-electron chi connectivity index (χ0n) is 11.3. The second kappa shape index (κ2) is 5.44. The highest BCUT2D eigenvalue weighted by Gasteiger charge is 2.39. The molecule has 0 bridgehead atoms. The number of hydrogen-bond donors (Lipinski definition) is 2. The van der Waals surface area contributed by atoms with Gasteiger partial charge in [-0.15, -0.1) is 0 Å². The van der Waals surface area contributed by atoms with Crippen molar-refractivity contribution in [2.75, 3.05) is 13.1 Å². The summed E-state index contributed by atoms with van der Waals surface area (Å²) >= 11 is 0. The number of aliphatic hydroxyl groups is 1. The van der Waals surface area contributed by atoms with E-state index in [9.17, 15) is 13.5 Å². The molecule has 2 atom stereocenters. The predicted octanol–water partition coefficient (Wildman–Crippen LogP) is 0.694. The van der Waals surface area contributed by atoms with Crippen molar-refractivity contribution >= 4 is 10.0 Å². The number of fused-ring (bicyclic) bond motifs is 1. The van der Waals surface area contributed by atoms with Gasteiger partial charge in [0.2, 0.25) is 10.0 Å². The fraction of sp³-hybridized carbons (Fsp3) is 0.571. The zero-order valence-corrected chi connectivity index (χ0v) is 12.1. The predicted molar refractivity (Wildman–Crippen MR) is 75.7 cm³/mol. The normalized spacial score (nSPS) is 26.9. The topological polar surface area (TPSA) is 69.6 Å². The highest BCUT2D eigenvalue weighted by molar-refractivity contribution is 7.89. The Morgan fingerprint density at radius 1 is 1.25 bits per heavy atom. The number of benzene rings is 1. The highest BCUT2D eigenvalue weighted by Crippen LogP contribution is 2.29. The second-order valence-corrected chi connectivity index (χ2v) is 7.21. The van der Waals surface area contributed by atoms with Crippen molar-refractivity contribution in [3.05, 3.63) is 29.8 Å². The van der Waals surface area contributed by atoms with E-state index in [0.717, 1.165) is 32.4 Å². The summed E-state index contributed by atoms with van der Waals surface area (Å²) in [5.74, 6) is 0. The molecule has 0 amide bonds. The number of nitrogens with zero attached hydrogens (tertiary/aromatic N) is 1. The minimum Gasteiger partial charge on any atom is -0.392 e. The monoisotopic (exact) mass is 296 g/mol. The van der Waals surface area contributed by atoms with Crippen molar-refractivity contribution in [2.24, 2.45) is 0 Å². The zero-order chi connectivity index (χ0) is 14.2. The Morgan fingerprint density at radius 2 is 2.05 bits per heavy atom. The van der Waals surface area contributed by atoms with Crippen LogP contribution in [0.3, 0.4) is 0 Å². The van der Waals surface area contributed by atoms with E-state index in [4.69, 9.17) is 0 Å². The van der Waals surface area contributed by atoms with Gasteiger partial charge in [-0.3, -0.25) is 4.90 Å². The van der Waals surface area contributed by atoms with E-state index in [1.165, 1.54) is 0 Å². The van der Waals surface area contributed by atoms with Crippen molar-refractivity contribution < 1.29 is 13.5 Å². The largest absolute Gasteiger partial charge is 0.392 e. The summed E-state index contributed by atoms with van der Waals surface area (Å²) in [5, 5.41) is 9.29. The molecule has 1 aromatic carbocycles. The van der Waals surface area contributed by atoms with Crippen LogP contribution >= 0.6 is 0 Å². The third kappa shape index (κ3) is 2.48. The Labute approximate surface area is 119 Å². The molecule has 2 saturated heterocycles. The molecule has 6 heteroatoms. The van der Waals surface area contributed by atoms with Gasteiger partial charge in [-0.25, -0.2) is 13.1 Å². The standard InChI is InChI=1S/C14H20N2O3S/c17-10-11-4-1-2-6-14(11)20(18,19)15-12-7-9-16-8-3-5-13(12)16/h1-2,4,6,12-13,15,17H,3,5,7-10H2. The molecule has 2 aliphatic rings. The maximum absolute atomic E-state index is 12.5. The first-order chi connectivity index (χ1) is 9.62. The second-order valence-electron chi connectivity index (χ2n) is 5.53. The molecule has 2 N–H and O–H groups in total. The van der Waals surface area contributed by atoms with Gasteiger partial charge in [-0.05, 0) is 37.4 Å². The molecule has 0 aliphatic carbocycles. The fourth-order valence-electron chi connectivity index (χ4n) is 3.38. The molecular formula is C14H20N2O3S. The van der Waals surface area contributed by atoms with Crippen LogP contribution in [-0.4, -0.2) is 43.6 Å². The van der Waals surface area contributed by atoms with E-state index >= 15 is 0 Å². The molecule has 20 heavy (non-hydrogen) atoms. The van der Waals surface area contributed by atoms with Crippen LogP contribution in [0, 0.1) is 0 Å². The highest BCUT2D eigenvalue weighted by atomic mass is 32.2. The van der Waals surface area contributed by atoms with Crippen molar-refractivity contribution in [1.29, 1.82) is 0 Å². The molecule has 1 aromatic rings. The minimum absolute atomic E-state index is 0.00533. The first kappa shape index (κ1) is 14.0. The minimum atomic E-state index is -3.56. The van der Waals surface area contributed by atoms with Gasteiger partial charge in [0.15, 0.2) is 0 Å². The Hall–Kier alpha value is -0.950. The molecule has 2 unspecified atom stereocenters. The van der Waals surface area contributed by atoms with Crippen molar-refractivity contribution in [3.8, 4) is 0 Å². The molecule has 5 nitrogen and oxygen atoms in total. The molecule has 0 saturated carbocycles. The first-order valence-electron chi connectivity index (χ1n) is 7.07. The molecular weight excluding hydrogens is 276 g/mol. The molecule has 110 valence electrons. The van der Waals surface area contributed by atoms with E-state index in [2.05, 4.69) is 9.62 Å². The maximum atomic E-state index is 12.5. The van der Waals surface area contributed by atoms with Crippen LogP contribution in [0.4, 0.5) is 0 Å². The van der Waals surface area contributed by atoms with Crippen LogP contribution in [-0.2, 0) is 16.6 Å². The van der Waals surface area contributed by atoms with Gasteiger partial charge >= 0.3 is 0 Å². The molecule has 0 spiro atoms. The summed E-state index contributed by atoms with van der Waals surface area (Å²) in [5.41, 5.74) is 0.446. The SMILES string of the molecule is O=S(=O)(NC1CCN2CCCC12)c1ccccc1CO. The Balaban J connectivity index is 1.82. The molecule has 2 aliphatic heterocycles. The van der Waals surface area contributed by atoms with E-state index in [-0.39, 0.29) is 17.5 Å². The van der Waals surface area contributed by atoms with E-state index in [1.54, 1.807) is 24.3 Å². The summed E-state index contributed by atoms with van der Waals surface area (Å²) in [6.07, 6.45) is 3.08. The first-order valence-corrected chi connectivity index (χ1v) is 8.55. The Morgan fingerprint density at radius 3 is 2.85 bits per heavy atom. The average Bonchev–Trinajstić information content (AvgIpc) is 3.04. The van der Waals surface area contributed by atoms with Crippen molar-refractivity contribution in [3.63, 3.8) is 0 Å². The van der Waals surface area contributed by atoms with Crippen molar-refractivity contribution in [2.45, 2.75) is 42.8 Å². The van der Waals surface area contributed by atoms with Gasteiger partial charge in [-0.2, -0.15) is 0 Å². The van der Waals surface area contributed by atoms with E-state index < -0.39 is 10.0 Å². The Kier molecular flexibility index (Phi) is 3.81. The lowest BCUT2D eigenvalue weighted by Crippen LogP contribution is -2.42. The number of rotatable bonds is 4. The summed E-state index contributed by atoms with van der Waals surface area (Å²) in [6, 6.07) is 6.95.